The first-order chi connectivity index (χ1) is 12.8. The summed E-state index contributed by atoms with van der Waals surface area (Å²) in [4.78, 5) is 16.6. The van der Waals surface area contributed by atoms with Crippen LogP contribution in [0.1, 0.15) is 41.0 Å². The number of hydrogen-bond donors (Lipinski definition) is 4. The lowest BCUT2D eigenvalue weighted by Gasteiger charge is -2.32. The van der Waals surface area contributed by atoms with Gasteiger partial charge in [-0.25, -0.2) is 0 Å². The summed E-state index contributed by atoms with van der Waals surface area (Å²) in [6.45, 7) is 3.50. The Morgan fingerprint density at radius 3 is 2.70 bits per heavy atom. The fourth-order valence-corrected chi connectivity index (χ4v) is 3.82. The number of aromatic hydroxyl groups is 1. The van der Waals surface area contributed by atoms with Crippen molar-refractivity contribution in [3.05, 3.63) is 58.8 Å². The highest BCUT2D eigenvalue weighted by molar-refractivity contribution is 6.21. The van der Waals surface area contributed by atoms with Crippen LogP contribution in [-0.2, 0) is 5.41 Å². The van der Waals surface area contributed by atoms with Crippen molar-refractivity contribution in [1.82, 2.24) is 4.98 Å². The van der Waals surface area contributed by atoms with Crippen LogP contribution >= 0.6 is 0 Å². The second-order valence-electron chi connectivity index (χ2n) is 7.39. The number of carbonyl (C=O) groups excluding carboxylic acids is 1. The number of aromatic amines is 1. The van der Waals surface area contributed by atoms with Gasteiger partial charge in [0.25, 0.3) is 0 Å². The Hall–Kier alpha value is -2.83. The number of phenols is 1. The molecule has 0 saturated carbocycles. The molecule has 0 amide bonds. The monoisotopic (exact) mass is 367 g/mol. The molecule has 3 aromatic rings. The summed E-state index contributed by atoms with van der Waals surface area (Å²) in [6.07, 6.45) is -1.05. The lowest BCUT2D eigenvalue weighted by molar-refractivity contribution is 0.0540. The molecule has 0 radical (unpaired) electrons. The van der Waals surface area contributed by atoms with E-state index in [1.54, 1.807) is 6.07 Å². The highest BCUT2D eigenvalue weighted by Gasteiger charge is 2.40. The van der Waals surface area contributed by atoms with E-state index in [2.05, 4.69) is 4.98 Å². The summed E-state index contributed by atoms with van der Waals surface area (Å²) < 4.78 is 5.64. The fourth-order valence-electron chi connectivity index (χ4n) is 3.82. The number of benzene rings is 2. The van der Waals surface area contributed by atoms with Crippen LogP contribution in [0.5, 0.6) is 11.5 Å². The van der Waals surface area contributed by atoms with Crippen LogP contribution in [0, 0.1) is 0 Å². The predicted octanol–water partition coefficient (Wildman–Crippen LogP) is 2.48. The summed E-state index contributed by atoms with van der Waals surface area (Å²) in [5.74, 6) is 0.167. The third-order valence-corrected chi connectivity index (χ3v) is 5.19. The van der Waals surface area contributed by atoms with E-state index in [1.165, 1.54) is 6.07 Å². The first kappa shape index (κ1) is 17.6. The number of ketones is 1. The molecular formula is C21H21NO5. The second kappa shape index (κ2) is 6.11. The number of hydrogen-bond acceptors (Lipinski definition) is 5. The molecule has 0 unspecified atom stereocenters. The van der Waals surface area contributed by atoms with Crippen LogP contribution in [0.25, 0.3) is 10.9 Å². The molecule has 2 aromatic carbocycles. The topological polar surface area (TPSA) is 103 Å². The van der Waals surface area contributed by atoms with E-state index in [4.69, 9.17) is 9.84 Å². The molecule has 1 aromatic heterocycles. The van der Waals surface area contributed by atoms with Gasteiger partial charge in [0.1, 0.15) is 24.2 Å². The molecule has 1 heterocycles. The Kier molecular flexibility index (Phi) is 3.98. The van der Waals surface area contributed by atoms with Crippen LogP contribution in [0.15, 0.2) is 36.4 Å². The van der Waals surface area contributed by atoms with E-state index in [9.17, 15) is 15.0 Å². The van der Waals surface area contributed by atoms with Gasteiger partial charge in [0.05, 0.1) is 23.1 Å². The number of rotatable bonds is 4. The minimum absolute atomic E-state index is 0.0163. The standard InChI is InChI=1S/C21H21NO5/c1-21(2)14-6-4-3-5-13(14)19(26)18-17-15(22-20(18)21)7-11(24)8-16(17)27-10-12(25)9-23/h3-8,12,22-25H,9-10H2,1-2H3/t12-/m1/s1. The number of aromatic nitrogens is 1. The molecule has 27 heavy (non-hydrogen) atoms. The number of phenolic OH excluding ortho intramolecular Hbond substituents is 1. The van der Waals surface area contributed by atoms with Crippen LogP contribution in [0.4, 0.5) is 0 Å². The average Bonchev–Trinajstić information content (AvgIpc) is 3.04. The number of aliphatic hydroxyl groups is 2. The minimum Gasteiger partial charge on any atom is -0.508 e. The van der Waals surface area contributed by atoms with E-state index in [0.29, 0.717) is 27.8 Å². The highest BCUT2D eigenvalue weighted by atomic mass is 16.5. The second-order valence-corrected chi connectivity index (χ2v) is 7.39. The normalized spacial score (nSPS) is 16.1. The molecule has 0 fully saturated rings. The van der Waals surface area contributed by atoms with Gasteiger partial charge in [-0.2, -0.15) is 0 Å². The van der Waals surface area contributed by atoms with Crippen molar-refractivity contribution in [2.24, 2.45) is 0 Å². The van der Waals surface area contributed by atoms with Crippen molar-refractivity contribution in [2.45, 2.75) is 25.4 Å². The molecule has 4 rings (SSSR count). The quantitative estimate of drug-likeness (QED) is 0.567. The van der Waals surface area contributed by atoms with E-state index in [0.717, 1.165) is 11.3 Å². The highest BCUT2D eigenvalue weighted by Crippen LogP contribution is 2.46. The van der Waals surface area contributed by atoms with Crippen molar-refractivity contribution in [3.8, 4) is 11.5 Å². The van der Waals surface area contributed by atoms with Crippen LogP contribution in [-0.4, -0.2) is 45.4 Å². The third-order valence-electron chi connectivity index (χ3n) is 5.19. The zero-order chi connectivity index (χ0) is 19.3. The third kappa shape index (κ3) is 2.60. The van der Waals surface area contributed by atoms with E-state index >= 15 is 0 Å². The zero-order valence-electron chi connectivity index (χ0n) is 15.1. The molecule has 6 nitrogen and oxygen atoms in total. The van der Waals surface area contributed by atoms with Gasteiger partial charge in [-0.05, 0) is 5.56 Å². The van der Waals surface area contributed by atoms with Gasteiger partial charge in [0.15, 0.2) is 5.78 Å². The van der Waals surface area contributed by atoms with Crippen molar-refractivity contribution in [2.75, 3.05) is 13.2 Å². The van der Waals surface area contributed by atoms with Crippen molar-refractivity contribution in [3.63, 3.8) is 0 Å². The lowest BCUT2D eigenvalue weighted by atomic mass is 9.71. The molecule has 1 aliphatic rings. The number of H-pyrrole nitrogens is 1. The summed E-state index contributed by atoms with van der Waals surface area (Å²) in [5.41, 5.74) is 3.02. The van der Waals surface area contributed by atoms with Gasteiger partial charge in [0, 0.05) is 28.8 Å². The van der Waals surface area contributed by atoms with Crippen molar-refractivity contribution in [1.29, 1.82) is 0 Å². The van der Waals surface area contributed by atoms with Gasteiger partial charge in [0.2, 0.25) is 0 Å². The maximum Gasteiger partial charge on any atom is 0.195 e. The average molecular weight is 367 g/mol. The number of carbonyl (C=O) groups is 1. The number of ether oxygens (including phenoxy) is 1. The summed E-state index contributed by atoms with van der Waals surface area (Å²) in [6, 6.07) is 10.5. The van der Waals surface area contributed by atoms with Gasteiger partial charge >= 0.3 is 0 Å². The van der Waals surface area contributed by atoms with E-state index in [1.807, 2.05) is 38.1 Å². The maximum absolute atomic E-state index is 13.3. The molecule has 0 saturated heterocycles. The molecule has 4 N–H and O–H groups in total. The predicted molar refractivity (Wildman–Crippen MR) is 101 cm³/mol. The molecule has 0 aliphatic heterocycles. The summed E-state index contributed by atoms with van der Waals surface area (Å²) in [7, 11) is 0. The molecule has 1 aliphatic carbocycles. The Morgan fingerprint density at radius 1 is 1.22 bits per heavy atom. The molecule has 6 heteroatoms. The summed E-state index contributed by atoms with van der Waals surface area (Å²) in [5, 5.41) is 29.3. The molecule has 140 valence electrons. The van der Waals surface area contributed by atoms with Gasteiger partial charge < -0.3 is 25.0 Å². The van der Waals surface area contributed by atoms with E-state index < -0.39 is 18.1 Å². The fraction of sp³-hybridized carbons (Fsp3) is 0.286. The maximum atomic E-state index is 13.3. The van der Waals surface area contributed by atoms with Crippen molar-refractivity contribution < 1.29 is 24.9 Å². The molecular weight excluding hydrogens is 346 g/mol. The first-order valence-corrected chi connectivity index (χ1v) is 8.79. The van der Waals surface area contributed by atoms with Gasteiger partial charge in [-0.15, -0.1) is 0 Å². The van der Waals surface area contributed by atoms with Crippen LogP contribution in [0.2, 0.25) is 0 Å². The largest absolute Gasteiger partial charge is 0.508 e. The SMILES string of the molecule is CC1(C)c2ccccc2C(=O)c2c1[nH]c1cc(O)cc(OC[C@H](O)CO)c21. The van der Waals surface area contributed by atoms with Crippen LogP contribution < -0.4 is 4.74 Å². The molecule has 0 spiro atoms. The minimum atomic E-state index is -1.05. The van der Waals surface area contributed by atoms with Gasteiger partial charge in [-0.1, -0.05) is 38.1 Å². The lowest BCUT2D eigenvalue weighted by Crippen LogP contribution is -2.30. The van der Waals surface area contributed by atoms with Crippen molar-refractivity contribution >= 4 is 16.7 Å². The first-order valence-electron chi connectivity index (χ1n) is 8.79. The Balaban J connectivity index is 1.96. The smallest absolute Gasteiger partial charge is 0.195 e. The molecule has 1 atom stereocenters. The Morgan fingerprint density at radius 2 is 1.96 bits per heavy atom. The number of nitrogens with one attached hydrogen (secondary N) is 1. The van der Waals surface area contributed by atoms with Crippen LogP contribution in [0.3, 0.4) is 0 Å². The Labute approximate surface area is 156 Å². The zero-order valence-corrected chi connectivity index (χ0v) is 15.1. The number of fused-ring (bicyclic) bond motifs is 4. The summed E-state index contributed by atoms with van der Waals surface area (Å²) >= 11 is 0. The van der Waals surface area contributed by atoms with E-state index in [-0.39, 0.29) is 18.1 Å². The number of aliphatic hydroxyl groups excluding tert-OH is 2. The van der Waals surface area contributed by atoms with Gasteiger partial charge in [-0.3, -0.25) is 4.79 Å². The molecule has 0 bridgehead atoms. The Bertz CT molecular complexity index is 1050.